The predicted molar refractivity (Wildman–Crippen MR) is 188 cm³/mol. The summed E-state index contributed by atoms with van der Waals surface area (Å²) >= 11 is 0. The van der Waals surface area contributed by atoms with Crippen molar-refractivity contribution in [3.8, 4) is 45.0 Å². The van der Waals surface area contributed by atoms with Crippen LogP contribution in [-0.4, -0.2) is 9.97 Å². The van der Waals surface area contributed by atoms with Gasteiger partial charge in [0.05, 0.1) is 11.4 Å². The highest BCUT2D eigenvalue weighted by Gasteiger charge is 2.37. The Hall–Kier alpha value is -5.60. The topological polar surface area (TPSA) is 25.8 Å². The lowest BCUT2D eigenvalue weighted by atomic mass is 9.81. The van der Waals surface area contributed by atoms with Crippen molar-refractivity contribution in [1.82, 2.24) is 9.97 Å². The molecule has 1 aliphatic carbocycles. The second-order valence-electron chi connectivity index (χ2n) is 12.6. The number of hydrogen-bond acceptors (Lipinski definition) is 2. The van der Waals surface area contributed by atoms with E-state index in [1.54, 1.807) is 0 Å². The van der Waals surface area contributed by atoms with Crippen LogP contribution in [0.5, 0.6) is 0 Å². The van der Waals surface area contributed by atoms with Gasteiger partial charge in [0.25, 0.3) is 0 Å². The normalized spacial score (nSPS) is 13.3. The van der Waals surface area contributed by atoms with E-state index in [1.165, 1.54) is 54.6 Å². The van der Waals surface area contributed by atoms with Gasteiger partial charge in [-0.3, -0.25) is 0 Å². The maximum atomic E-state index is 5.29. The highest BCUT2D eigenvalue weighted by atomic mass is 14.9. The van der Waals surface area contributed by atoms with Gasteiger partial charge >= 0.3 is 0 Å². The van der Waals surface area contributed by atoms with Gasteiger partial charge in [0.1, 0.15) is 0 Å². The molecule has 0 amide bonds. The lowest BCUT2D eigenvalue weighted by molar-refractivity contribution is 0.661. The monoisotopic (exact) mass is 574 g/mol. The van der Waals surface area contributed by atoms with Gasteiger partial charge in [0.2, 0.25) is 0 Å². The van der Waals surface area contributed by atoms with Crippen LogP contribution in [0, 0.1) is 0 Å². The number of aromatic nitrogens is 2. The summed E-state index contributed by atoms with van der Waals surface area (Å²) in [4.78, 5) is 10.5. The van der Waals surface area contributed by atoms with Gasteiger partial charge in [-0.05, 0) is 78.8 Å². The molecule has 1 heterocycles. The molecule has 0 saturated heterocycles. The Balaban J connectivity index is 1.35. The average Bonchev–Trinajstić information content (AvgIpc) is 3.32. The molecule has 0 saturated carbocycles. The average molecular weight is 575 g/mol. The second-order valence-corrected chi connectivity index (χ2v) is 12.6. The van der Waals surface area contributed by atoms with Crippen LogP contribution in [0.2, 0.25) is 0 Å². The fourth-order valence-corrected chi connectivity index (χ4v) is 7.39. The van der Waals surface area contributed by atoms with Crippen molar-refractivity contribution < 1.29 is 0 Å². The fourth-order valence-electron chi connectivity index (χ4n) is 7.39. The van der Waals surface area contributed by atoms with Crippen LogP contribution in [0.3, 0.4) is 0 Å². The molecular formula is C43H30N2. The van der Waals surface area contributed by atoms with E-state index in [0.29, 0.717) is 0 Å². The van der Waals surface area contributed by atoms with E-state index >= 15 is 0 Å². The molecule has 0 N–H and O–H groups in total. The molecule has 1 aromatic heterocycles. The summed E-state index contributed by atoms with van der Waals surface area (Å²) in [5.41, 5.74) is 10.3. The Morgan fingerprint density at radius 2 is 1.02 bits per heavy atom. The van der Waals surface area contributed by atoms with Crippen LogP contribution < -0.4 is 0 Å². The van der Waals surface area contributed by atoms with Gasteiger partial charge in [-0.1, -0.05) is 135 Å². The Kier molecular flexibility index (Phi) is 5.58. The molecule has 0 atom stereocenters. The third-order valence-corrected chi connectivity index (χ3v) is 9.64. The largest absolute Gasteiger partial charge is 0.228 e. The van der Waals surface area contributed by atoms with Crippen molar-refractivity contribution in [3.05, 3.63) is 157 Å². The molecule has 8 aromatic rings. The van der Waals surface area contributed by atoms with Gasteiger partial charge < -0.3 is 0 Å². The van der Waals surface area contributed by atoms with E-state index in [0.717, 1.165) is 33.9 Å². The quantitative estimate of drug-likeness (QED) is 0.196. The third-order valence-electron chi connectivity index (χ3n) is 9.64. The molecule has 0 radical (unpaired) electrons. The summed E-state index contributed by atoms with van der Waals surface area (Å²) in [7, 11) is 0. The first-order chi connectivity index (χ1) is 22.1. The smallest absolute Gasteiger partial charge is 0.160 e. The molecule has 9 rings (SSSR count). The van der Waals surface area contributed by atoms with Crippen LogP contribution in [-0.2, 0) is 5.41 Å². The summed E-state index contributed by atoms with van der Waals surface area (Å²) in [6, 6.07) is 52.3. The van der Waals surface area contributed by atoms with E-state index in [4.69, 9.17) is 9.97 Å². The van der Waals surface area contributed by atoms with Crippen molar-refractivity contribution >= 4 is 32.3 Å². The first kappa shape index (κ1) is 25.9. The molecule has 212 valence electrons. The number of hydrogen-bond donors (Lipinski definition) is 0. The Morgan fingerprint density at radius 1 is 0.422 bits per heavy atom. The maximum Gasteiger partial charge on any atom is 0.160 e. The van der Waals surface area contributed by atoms with Crippen molar-refractivity contribution in [2.75, 3.05) is 0 Å². The van der Waals surface area contributed by atoms with E-state index in [9.17, 15) is 0 Å². The van der Waals surface area contributed by atoms with Crippen molar-refractivity contribution in [2.24, 2.45) is 0 Å². The van der Waals surface area contributed by atoms with Crippen molar-refractivity contribution in [3.63, 3.8) is 0 Å². The van der Waals surface area contributed by atoms with E-state index in [-0.39, 0.29) is 5.41 Å². The highest BCUT2D eigenvalue weighted by molar-refractivity contribution is 6.13. The molecule has 0 spiro atoms. The van der Waals surface area contributed by atoms with Gasteiger partial charge in [-0.25, -0.2) is 9.97 Å². The van der Waals surface area contributed by atoms with Crippen LogP contribution >= 0.6 is 0 Å². The standard InChI is InChI=1S/C43H30N2/c1-43(2)37-22-12-21-34(41(37)36-23-28-15-6-7-16-29(28)25-38(36)43)39-26-40(45-42(44-39)27-13-4-3-5-14-27)35-24-30-17-8-9-18-31(30)32-19-10-11-20-33(32)35/h3-26H,1-2H3. The van der Waals surface area contributed by atoms with Gasteiger partial charge in [-0.2, -0.15) is 0 Å². The Labute approximate surface area is 262 Å². The Bertz CT molecular complexity index is 2450. The molecule has 2 heteroatoms. The summed E-state index contributed by atoms with van der Waals surface area (Å²) < 4.78 is 0. The summed E-state index contributed by atoms with van der Waals surface area (Å²) in [6.07, 6.45) is 0. The molecule has 1 aliphatic rings. The number of nitrogens with zero attached hydrogens (tertiary/aromatic N) is 2. The highest BCUT2D eigenvalue weighted by Crippen LogP contribution is 2.53. The number of rotatable bonds is 3. The zero-order valence-electron chi connectivity index (χ0n) is 25.3. The van der Waals surface area contributed by atoms with E-state index < -0.39 is 0 Å². The second kappa shape index (κ2) is 9.70. The molecule has 2 nitrogen and oxygen atoms in total. The first-order valence-corrected chi connectivity index (χ1v) is 15.6. The molecule has 0 aliphatic heterocycles. The number of benzene rings is 7. The van der Waals surface area contributed by atoms with Crippen LogP contribution in [0.4, 0.5) is 0 Å². The summed E-state index contributed by atoms with van der Waals surface area (Å²) in [6.45, 7) is 4.69. The molecule has 7 aromatic carbocycles. The lowest BCUT2D eigenvalue weighted by Gasteiger charge is -2.22. The zero-order valence-corrected chi connectivity index (χ0v) is 25.3. The summed E-state index contributed by atoms with van der Waals surface area (Å²) in [5.74, 6) is 0.730. The minimum absolute atomic E-state index is 0.128. The molecular weight excluding hydrogens is 544 g/mol. The van der Waals surface area contributed by atoms with Crippen LogP contribution in [0.15, 0.2) is 146 Å². The molecule has 0 fully saturated rings. The Morgan fingerprint density at radius 3 is 1.80 bits per heavy atom. The summed E-state index contributed by atoms with van der Waals surface area (Å²) in [5, 5.41) is 7.41. The fraction of sp³-hybridized carbons (Fsp3) is 0.0698. The van der Waals surface area contributed by atoms with Gasteiger partial charge in [-0.15, -0.1) is 0 Å². The molecule has 0 bridgehead atoms. The first-order valence-electron chi connectivity index (χ1n) is 15.6. The predicted octanol–water partition coefficient (Wildman–Crippen LogP) is 11.2. The van der Waals surface area contributed by atoms with Crippen molar-refractivity contribution in [1.29, 1.82) is 0 Å². The van der Waals surface area contributed by atoms with Gasteiger partial charge in [0.15, 0.2) is 5.82 Å². The molecule has 0 unspecified atom stereocenters. The van der Waals surface area contributed by atoms with Gasteiger partial charge in [0, 0.05) is 22.1 Å². The van der Waals surface area contributed by atoms with Crippen LogP contribution in [0.25, 0.3) is 77.3 Å². The zero-order chi connectivity index (χ0) is 30.1. The van der Waals surface area contributed by atoms with E-state index in [2.05, 4.69) is 153 Å². The van der Waals surface area contributed by atoms with Crippen molar-refractivity contribution in [2.45, 2.75) is 19.3 Å². The lowest BCUT2D eigenvalue weighted by Crippen LogP contribution is -2.14. The minimum atomic E-state index is -0.128. The maximum absolute atomic E-state index is 5.29. The van der Waals surface area contributed by atoms with Crippen LogP contribution in [0.1, 0.15) is 25.0 Å². The SMILES string of the molecule is CC1(C)c2cc3ccccc3cc2-c2c(-c3cc(-c4cc5ccccc5c5ccccc45)nc(-c4ccccc4)n3)cccc21. The number of fused-ring (bicyclic) bond motifs is 7. The third kappa shape index (κ3) is 3.96. The minimum Gasteiger partial charge on any atom is -0.228 e. The molecule has 45 heavy (non-hydrogen) atoms. The van der Waals surface area contributed by atoms with E-state index in [1.807, 2.05) is 6.07 Å².